The van der Waals surface area contributed by atoms with Crippen molar-refractivity contribution in [3.05, 3.63) is 42.0 Å². The summed E-state index contributed by atoms with van der Waals surface area (Å²) >= 11 is 0. The smallest absolute Gasteiger partial charge is 0.312 e. The Morgan fingerprint density at radius 2 is 1.51 bits per heavy atom. The summed E-state index contributed by atoms with van der Waals surface area (Å²) in [7, 11) is 0. The van der Waals surface area contributed by atoms with Gasteiger partial charge >= 0.3 is 6.03 Å². The topological polar surface area (TPSA) is 232 Å². The van der Waals surface area contributed by atoms with Crippen molar-refractivity contribution in [1.82, 2.24) is 20.9 Å². The van der Waals surface area contributed by atoms with Crippen LogP contribution in [0.25, 0.3) is 0 Å². The second kappa shape index (κ2) is 20.2. The molecule has 15 heteroatoms. The van der Waals surface area contributed by atoms with E-state index < -0.39 is 29.9 Å². The van der Waals surface area contributed by atoms with E-state index in [0.717, 1.165) is 4.90 Å². The first-order valence-corrected chi connectivity index (χ1v) is 15.0. The summed E-state index contributed by atoms with van der Waals surface area (Å²) in [6, 6.07) is 3.99. The molecule has 8 N–H and O–H groups in total. The number of anilines is 1. The molecule has 1 aliphatic heterocycles. The number of carbonyl (C=O) groups excluding carboxylic acids is 7. The van der Waals surface area contributed by atoms with Crippen molar-refractivity contribution in [2.75, 3.05) is 25.0 Å². The maximum absolute atomic E-state index is 13.4. The summed E-state index contributed by atoms with van der Waals surface area (Å²) in [5, 5.41) is 10.7. The van der Waals surface area contributed by atoms with Crippen LogP contribution in [0.4, 0.5) is 10.5 Å². The number of unbranched alkanes of at least 4 members (excludes halogenated alkanes) is 3. The minimum absolute atomic E-state index is 0.0822. The van der Waals surface area contributed by atoms with E-state index in [-0.39, 0.29) is 50.3 Å². The molecule has 1 heterocycles. The molecule has 45 heavy (non-hydrogen) atoms. The third-order valence-corrected chi connectivity index (χ3v) is 6.93. The summed E-state index contributed by atoms with van der Waals surface area (Å²) in [4.78, 5) is 85.2. The van der Waals surface area contributed by atoms with Crippen LogP contribution >= 0.6 is 0 Å². The molecule has 0 radical (unpaired) electrons. The second-order valence-corrected chi connectivity index (χ2v) is 10.5. The fraction of sp³-hybridized carbons (Fsp3) is 0.500. The van der Waals surface area contributed by atoms with Gasteiger partial charge in [0.15, 0.2) is 0 Å². The number of imide groups is 1. The lowest BCUT2D eigenvalue weighted by Gasteiger charge is -2.23. The van der Waals surface area contributed by atoms with Crippen LogP contribution in [0.3, 0.4) is 0 Å². The summed E-state index contributed by atoms with van der Waals surface area (Å²) in [5.41, 5.74) is 11.9. The Balaban J connectivity index is 1.98. The van der Waals surface area contributed by atoms with Crippen LogP contribution in [0.1, 0.15) is 63.4 Å². The van der Waals surface area contributed by atoms with E-state index in [9.17, 15) is 33.6 Å². The second-order valence-electron chi connectivity index (χ2n) is 10.5. The van der Waals surface area contributed by atoms with Gasteiger partial charge in [0.05, 0.1) is 0 Å². The van der Waals surface area contributed by atoms with Gasteiger partial charge in [-0.2, -0.15) is 0 Å². The summed E-state index contributed by atoms with van der Waals surface area (Å²) in [6.45, 7) is 1.29. The number of rotatable bonds is 22. The third-order valence-electron chi connectivity index (χ3n) is 6.93. The Morgan fingerprint density at radius 3 is 2.16 bits per heavy atom. The average molecular weight is 630 g/mol. The van der Waals surface area contributed by atoms with Crippen molar-refractivity contribution in [3.8, 4) is 0 Å². The molecule has 2 atom stereocenters. The fourth-order valence-corrected chi connectivity index (χ4v) is 4.51. The van der Waals surface area contributed by atoms with E-state index >= 15 is 0 Å². The van der Waals surface area contributed by atoms with Crippen molar-refractivity contribution in [2.45, 2.75) is 76.5 Å². The number of amides is 7. The zero-order valence-corrected chi connectivity index (χ0v) is 25.3. The lowest BCUT2D eigenvalue weighted by Crippen LogP contribution is -2.52. The molecule has 246 valence electrons. The predicted octanol–water partition coefficient (Wildman–Crippen LogP) is 0.331. The van der Waals surface area contributed by atoms with Crippen molar-refractivity contribution in [1.29, 1.82) is 0 Å². The molecular formula is C30H43N7O8. The highest BCUT2D eigenvalue weighted by molar-refractivity contribution is 6.12. The number of primary amides is 1. The minimum atomic E-state index is -0.996. The molecule has 0 saturated carbocycles. The Labute approximate surface area is 261 Å². The van der Waals surface area contributed by atoms with Gasteiger partial charge in [-0.25, -0.2) is 4.79 Å². The van der Waals surface area contributed by atoms with Crippen molar-refractivity contribution in [3.63, 3.8) is 0 Å². The van der Waals surface area contributed by atoms with E-state index in [0.29, 0.717) is 69.2 Å². The van der Waals surface area contributed by atoms with Crippen molar-refractivity contribution >= 4 is 47.7 Å². The Hall–Kier alpha value is -4.79. The lowest BCUT2D eigenvalue weighted by atomic mass is 10.1. The Morgan fingerprint density at radius 1 is 0.844 bits per heavy atom. The first-order valence-electron chi connectivity index (χ1n) is 15.0. The maximum Gasteiger partial charge on any atom is 0.312 e. The van der Waals surface area contributed by atoms with Gasteiger partial charge in [0.25, 0.3) is 18.3 Å². The molecule has 0 spiro atoms. The standard InChI is InChI=1S/C30H43N7O8/c31-16-4-3-7-23(35-25(39)9-2-1-5-18-37-26(40)14-15-27(37)41)29(43)36-24(8-6-17-33-30(32)44)28(42)34-22-12-10-21(11-13-22)19-45-20-38/h10-15,20,23-24H,1-9,16-19,31H2,(H,34,42)(H,35,39)(H,36,43)(H3,32,33,44)/t23-,24-/m0/s1. The van der Waals surface area contributed by atoms with Gasteiger partial charge in [0.2, 0.25) is 17.7 Å². The molecule has 1 aromatic carbocycles. The Bertz CT molecular complexity index is 1190. The van der Waals surface area contributed by atoms with Crippen LogP contribution in [-0.2, 0) is 40.1 Å². The monoisotopic (exact) mass is 629 g/mol. The maximum atomic E-state index is 13.4. The van der Waals surface area contributed by atoms with Crippen LogP contribution in [0.5, 0.6) is 0 Å². The Kier molecular flexibility index (Phi) is 16.4. The number of hydrogen-bond donors (Lipinski definition) is 6. The highest BCUT2D eigenvalue weighted by atomic mass is 16.5. The van der Waals surface area contributed by atoms with Gasteiger partial charge in [-0.15, -0.1) is 0 Å². The molecule has 7 amide bonds. The van der Waals surface area contributed by atoms with E-state index in [1.165, 1.54) is 12.2 Å². The number of nitrogens with two attached hydrogens (primary N) is 2. The SMILES string of the molecule is NCCCC[C@H](NC(=O)CCCCCN1C(=O)C=CC1=O)C(=O)N[C@@H](CCCNC(N)=O)C(=O)Nc1ccc(COC=O)cc1. The van der Waals surface area contributed by atoms with Crippen LogP contribution in [-0.4, -0.2) is 78.7 Å². The molecule has 0 aliphatic carbocycles. The summed E-state index contributed by atoms with van der Waals surface area (Å²) in [6.07, 6.45) is 6.24. The molecule has 1 aromatic rings. The van der Waals surface area contributed by atoms with Crippen molar-refractivity contribution in [2.24, 2.45) is 11.5 Å². The van der Waals surface area contributed by atoms with Crippen LogP contribution in [0, 0.1) is 0 Å². The highest BCUT2D eigenvalue weighted by Gasteiger charge is 2.27. The summed E-state index contributed by atoms with van der Waals surface area (Å²) < 4.78 is 4.72. The molecule has 1 aliphatic rings. The van der Waals surface area contributed by atoms with E-state index in [1.807, 2.05) is 0 Å². The summed E-state index contributed by atoms with van der Waals surface area (Å²) in [5.74, 6) is -2.08. The number of ether oxygens (including phenoxy) is 1. The number of nitrogens with one attached hydrogen (secondary N) is 4. The van der Waals surface area contributed by atoms with Gasteiger partial charge in [-0.1, -0.05) is 18.6 Å². The van der Waals surface area contributed by atoms with Gasteiger partial charge in [-0.05, 0) is 69.2 Å². The van der Waals surface area contributed by atoms with E-state index in [4.69, 9.17) is 16.2 Å². The van der Waals surface area contributed by atoms with Gasteiger partial charge in [0, 0.05) is 37.3 Å². The van der Waals surface area contributed by atoms with Gasteiger partial charge in [0.1, 0.15) is 18.7 Å². The molecule has 2 rings (SSSR count). The van der Waals surface area contributed by atoms with E-state index in [1.54, 1.807) is 24.3 Å². The molecule has 0 aromatic heterocycles. The largest absolute Gasteiger partial charge is 0.463 e. The van der Waals surface area contributed by atoms with E-state index in [2.05, 4.69) is 21.3 Å². The number of nitrogens with zero attached hydrogens (tertiary/aromatic N) is 1. The first-order chi connectivity index (χ1) is 21.6. The van der Waals surface area contributed by atoms with Crippen LogP contribution in [0.15, 0.2) is 36.4 Å². The highest BCUT2D eigenvalue weighted by Crippen LogP contribution is 2.13. The molecule has 0 saturated heterocycles. The third kappa shape index (κ3) is 14.0. The number of urea groups is 1. The minimum Gasteiger partial charge on any atom is -0.463 e. The van der Waals surface area contributed by atoms with Crippen LogP contribution in [0.2, 0.25) is 0 Å². The zero-order valence-electron chi connectivity index (χ0n) is 25.3. The van der Waals surface area contributed by atoms with Gasteiger partial charge < -0.3 is 37.5 Å². The first kappa shape index (κ1) is 36.4. The molecule has 0 unspecified atom stereocenters. The quantitative estimate of drug-likeness (QED) is 0.0588. The molecular weight excluding hydrogens is 586 g/mol. The zero-order chi connectivity index (χ0) is 33.0. The average Bonchev–Trinajstić information content (AvgIpc) is 3.33. The van der Waals surface area contributed by atoms with Gasteiger partial charge in [-0.3, -0.25) is 33.7 Å². The molecule has 0 bridgehead atoms. The predicted molar refractivity (Wildman–Crippen MR) is 164 cm³/mol. The number of carbonyl (C=O) groups is 7. The molecule has 15 nitrogen and oxygen atoms in total. The fourth-order valence-electron chi connectivity index (χ4n) is 4.51. The molecule has 0 fully saturated rings. The lowest BCUT2D eigenvalue weighted by molar-refractivity contribution is -0.137. The number of benzene rings is 1. The normalized spacial score (nSPS) is 13.6. The van der Waals surface area contributed by atoms with Crippen molar-refractivity contribution < 1.29 is 38.3 Å². The van der Waals surface area contributed by atoms with Crippen LogP contribution < -0.4 is 32.7 Å². The number of hydrogen-bond acceptors (Lipinski definition) is 9.